The van der Waals surface area contributed by atoms with Gasteiger partial charge in [0.1, 0.15) is 12.2 Å². The Morgan fingerprint density at radius 3 is 1.92 bits per heavy atom. The molecule has 37 heavy (non-hydrogen) atoms. The van der Waals surface area contributed by atoms with Gasteiger partial charge < -0.3 is 35.6 Å². The predicted octanol–water partition coefficient (Wildman–Crippen LogP) is 3.16. The number of carbonyl (C=O) groups excluding carboxylic acids is 1. The van der Waals surface area contributed by atoms with Crippen molar-refractivity contribution in [1.29, 1.82) is 0 Å². The van der Waals surface area contributed by atoms with Crippen LogP contribution in [0.1, 0.15) is 108 Å². The maximum atomic E-state index is 13.1. The van der Waals surface area contributed by atoms with E-state index < -0.39 is 48.1 Å². The fraction of sp³-hybridized carbons (Fsp3) is 0.966. The molecule has 8 nitrogen and oxygen atoms in total. The topological polar surface area (TPSA) is 139 Å². The first-order valence-electron chi connectivity index (χ1n) is 13.8. The molecule has 1 rings (SSSR count). The zero-order valence-corrected chi connectivity index (χ0v) is 25.0. The molecular weight excluding hydrogens is 474 g/mol. The molecule has 8 heteroatoms. The van der Waals surface area contributed by atoms with Gasteiger partial charge in [-0.1, -0.05) is 69.2 Å². The first-order chi connectivity index (χ1) is 16.5. The summed E-state index contributed by atoms with van der Waals surface area (Å²) in [6.07, 6.45) is -3.68. The van der Waals surface area contributed by atoms with Gasteiger partial charge in [0, 0.05) is 12.8 Å². The van der Waals surface area contributed by atoms with E-state index in [0.717, 1.165) is 12.8 Å². The lowest BCUT2D eigenvalue weighted by molar-refractivity contribution is -0.158. The number of amides is 1. The Labute approximate surface area is 225 Å². The summed E-state index contributed by atoms with van der Waals surface area (Å²) in [6, 6.07) is -0.811. The van der Waals surface area contributed by atoms with Crippen molar-refractivity contribution < 1.29 is 35.1 Å². The molecule has 0 aromatic rings. The number of rotatable bonds is 12. The molecular formula is C29H57NO7. The fourth-order valence-corrected chi connectivity index (χ4v) is 6.17. The molecule has 0 bridgehead atoms. The van der Waals surface area contributed by atoms with Crippen molar-refractivity contribution >= 4 is 5.91 Å². The van der Waals surface area contributed by atoms with Gasteiger partial charge in [-0.2, -0.15) is 0 Å². The van der Waals surface area contributed by atoms with Crippen LogP contribution in [0.5, 0.6) is 0 Å². The summed E-state index contributed by atoms with van der Waals surface area (Å²) in [5.74, 6) is -0.218. The minimum absolute atomic E-state index is 0.00663. The Balaban J connectivity index is 2.98. The summed E-state index contributed by atoms with van der Waals surface area (Å²) < 4.78 is 5.88. The quantitative estimate of drug-likeness (QED) is 0.227. The van der Waals surface area contributed by atoms with Crippen LogP contribution in [0.3, 0.4) is 0 Å². The number of ether oxygens (including phenoxy) is 1. The minimum Gasteiger partial charge on any atom is -0.392 e. The second-order valence-electron chi connectivity index (χ2n) is 15.3. The van der Waals surface area contributed by atoms with Gasteiger partial charge >= 0.3 is 0 Å². The van der Waals surface area contributed by atoms with Crippen molar-refractivity contribution in [3.63, 3.8) is 0 Å². The Kier molecular flexibility index (Phi) is 12.1. The summed E-state index contributed by atoms with van der Waals surface area (Å²) in [6.45, 7) is 20.7. The van der Waals surface area contributed by atoms with Gasteiger partial charge in [-0.05, 0) is 47.3 Å². The van der Waals surface area contributed by atoms with Crippen LogP contribution in [0, 0.1) is 21.7 Å². The molecule has 0 spiro atoms. The van der Waals surface area contributed by atoms with E-state index in [-0.39, 0.29) is 48.0 Å². The van der Waals surface area contributed by atoms with E-state index in [9.17, 15) is 30.3 Å². The average molecular weight is 532 g/mol. The van der Waals surface area contributed by atoms with E-state index in [4.69, 9.17) is 4.74 Å². The van der Waals surface area contributed by atoms with E-state index in [1.165, 1.54) is 0 Å². The van der Waals surface area contributed by atoms with Crippen LogP contribution >= 0.6 is 0 Å². The summed E-state index contributed by atoms with van der Waals surface area (Å²) in [4.78, 5) is 13.1. The van der Waals surface area contributed by atoms with Crippen LogP contribution in [0.25, 0.3) is 0 Å². The number of nitrogens with one attached hydrogen (secondary N) is 1. The SMILES string of the molecule is CC(C)(C)CC(C)(C)CC(=O)NC(COC1CCC(O)C(O)C1O)C(O)CC(O)C(C)(C)CC(C)(C)C. The third-order valence-electron chi connectivity index (χ3n) is 7.17. The third-order valence-corrected chi connectivity index (χ3v) is 7.17. The zero-order valence-electron chi connectivity index (χ0n) is 25.0. The molecule has 6 N–H and O–H groups in total. The highest BCUT2D eigenvalue weighted by molar-refractivity contribution is 5.77. The van der Waals surface area contributed by atoms with Crippen LogP contribution in [0.15, 0.2) is 0 Å². The highest BCUT2D eigenvalue weighted by Gasteiger charge is 2.39. The van der Waals surface area contributed by atoms with Crippen molar-refractivity contribution in [2.45, 2.75) is 150 Å². The second-order valence-corrected chi connectivity index (χ2v) is 15.3. The van der Waals surface area contributed by atoms with E-state index in [1.54, 1.807) is 0 Å². The Morgan fingerprint density at radius 2 is 1.41 bits per heavy atom. The van der Waals surface area contributed by atoms with Crippen LogP contribution in [-0.4, -0.2) is 80.7 Å². The molecule has 0 aromatic carbocycles. The van der Waals surface area contributed by atoms with Crippen molar-refractivity contribution in [3.8, 4) is 0 Å². The lowest BCUT2D eigenvalue weighted by atomic mass is 9.71. The highest BCUT2D eigenvalue weighted by Crippen LogP contribution is 2.38. The molecule has 1 fully saturated rings. The van der Waals surface area contributed by atoms with Gasteiger partial charge in [0.15, 0.2) is 0 Å². The smallest absolute Gasteiger partial charge is 0.220 e. The van der Waals surface area contributed by atoms with Crippen molar-refractivity contribution in [2.75, 3.05) is 6.61 Å². The molecule has 1 amide bonds. The first-order valence-corrected chi connectivity index (χ1v) is 13.8. The van der Waals surface area contributed by atoms with Gasteiger partial charge in [-0.3, -0.25) is 4.79 Å². The lowest BCUT2D eigenvalue weighted by Crippen LogP contribution is -2.53. The van der Waals surface area contributed by atoms with Crippen LogP contribution in [-0.2, 0) is 9.53 Å². The van der Waals surface area contributed by atoms with Crippen LogP contribution < -0.4 is 5.32 Å². The summed E-state index contributed by atoms with van der Waals surface area (Å²) in [5.41, 5.74) is -0.666. The second kappa shape index (κ2) is 13.1. The van der Waals surface area contributed by atoms with E-state index in [1.807, 2.05) is 27.7 Å². The molecule has 7 unspecified atom stereocenters. The maximum absolute atomic E-state index is 13.1. The first kappa shape index (κ1) is 34.3. The van der Waals surface area contributed by atoms with Gasteiger partial charge in [0.05, 0.1) is 37.1 Å². The summed E-state index contributed by atoms with van der Waals surface area (Å²) in [5, 5.41) is 55.3. The van der Waals surface area contributed by atoms with Gasteiger partial charge in [-0.25, -0.2) is 0 Å². The number of carbonyl (C=O) groups is 1. The van der Waals surface area contributed by atoms with Crippen molar-refractivity contribution in [3.05, 3.63) is 0 Å². The molecule has 1 aliphatic carbocycles. The Morgan fingerprint density at radius 1 is 0.865 bits per heavy atom. The molecule has 0 aromatic heterocycles. The Bertz CT molecular complexity index is 710. The normalized spacial score (nSPS) is 26.5. The summed E-state index contributed by atoms with van der Waals surface area (Å²) >= 11 is 0. The standard InChI is InChI=1S/C29H57NO7/c1-26(2,3)16-28(7,8)14-23(34)30-18(15-37-21-12-11-19(31)24(35)25(21)36)20(32)13-22(33)29(9,10)17-27(4,5)6/h18-22,24-25,31-33,35-36H,11-17H2,1-10H3,(H,30,34). The van der Waals surface area contributed by atoms with Crippen molar-refractivity contribution in [2.24, 2.45) is 21.7 Å². The van der Waals surface area contributed by atoms with E-state index in [2.05, 4.69) is 46.9 Å². The fourth-order valence-electron chi connectivity index (χ4n) is 6.17. The monoisotopic (exact) mass is 531 g/mol. The average Bonchev–Trinajstić information content (AvgIpc) is 2.66. The van der Waals surface area contributed by atoms with Crippen LogP contribution in [0.2, 0.25) is 0 Å². The molecule has 0 heterocycles. The molecule has 220 valence electrons. The molecule has 7 atom stereocenters. The predicted molar refractivity (Wildman–Crippen MR) is 146 cm³/mol. The maximum Gasteiger partial charge on any atom is 0.220 e. The molecule has 1 aliphatic rings. The number of aliphatic hydroxyl groups excluding tert-OH is 5. The lowest BCUT2D eigenvalue weighted by Gasteiger charge is -2.39. The zero-order chi connectivity index (χ0) is 29.0. The molecule has 0 radical (unpaired) electrons. The van der Waals surface area contributed by atoms with Gasteiger partial charge in [-0.15, -0.1) is 0 Å². The largest absolute Gasteiger partial charge is 0.392 e. The van der Waals surface area contributed by atoms with Gasteiger partial charge in [0.2, 0.25) is 5.91 Å². The molecule has 0 saturated heterocycles. The Hall–Kier alpha value is -0.770. The summed E-state index contributed by atoms with van der Waals surface area (Å²) in [7, 11) is 0. The number of hydrogen-bond donors (Lipinski definition) is 6. The van der Waals surface area contributed by atoms with Gasteiger partial charge in [0.25, 0.3) is 0 Å². The van der Waals surface area contributed by atoms with Crippen LogP contribution in [0.4, 0.5) is 0 Å². The highest BCUT2D eigenvalue weighted by atomic mass is 16.5. The third kappa shape index (κ3) is 12.3. The van der Waals surface area contributed by atoms with Crippen molar-refractivity contribution in [1.82, 2.24) is 5.32 Å². The minimum atomic E-state index is -1.31. The number of hydrogen-bond acceptors (Lipinski definition) is 7. The molecule has 1 saturated carbocycles. The van der Waals surface area contributed by atoms with E-state index >= 15 is 0 Å². The van der Waals surface area contributed by atoms with E-state index in [0.29, 0.717) is 6.42 Å². The molecule has 0 aliphatic heterocycles. The number of aliphatic hydroxyl groups is 5.